The van der Waals surface area contributed by atoms with Crippen LogP contribution in [-0.4, -0.2) is 23.5 Å². The van der Waals surface area contributed by atoms with Crippen molar-refractivity contribution in [3.63, 3.8) is 0 Å². The monoisotopic (exact) mass is 238 g/mol. The Kier molecular flexibility index (Phi) is 25.0. The predicted molar refractivity (Wildman–Crippen MR) is 12.3 cm³/mol. The summed E-state index contributed by atoms with van der Waals surface area (Å²) >= 11 is -3.58. The predicted octanol–water partition coefficient (Wildman–Crippen LogP) is -1.89. The summed E-state index contributed by atoms with van der Waals surface area (Å²) in [5, 5.41) is 0. The Morgan fingerprint density at radius 1 is 1.17 bits per heavy atom. The molecule has 0 aliphatic heterocycles. The zero-order chi connectivity index (χ0) is 3.58. The summed E-state index contributed by atoms with van der Waals surface area (Å²) in [4.78, 5) is 0. The maximum absolute atomic E-state index is 8.81. The third kappa shape index (κ3) is 57.1. The smallest absolute Gasteiger partial charge is 0 e. The summed E-state index contributed by atoms with van der Waals surface area (Å²) < 4.78 is 23.2. The van der Waals surface area contributed by atoms with E-state index < -0.39 is 15.3 Å². The van der Waals surface area contributed by atoms with E-state index in [1.807, 2.05) is 0 Å². The summed E-state index contributed by atoms with van der Waals surface area (Å²) in [6, 6.07) is 0. The molecule has 0 rings (SSSR count). The van der Waals surface area contributed by atoms with Crippen LogP contribution in [0.3, 0.4) is 0 Å². The van der Waals surface area contributed by atoms with Crippen molar-refractivity contribution in [2.45, 2.75) is 0 Å². The van der Waals surface area contributed by atoms with E-state index in [-0.39, 0.29) is 34.1 Å². The molecule has 6 heteroatoms. The standard InChI is InChI=1S/AsH3O3.2Fe/c2-1(3)4;;/h1H,(H2,2,3,4);;. The van der Waals surface area contributed by atoms with Crippen molar-refractivity contribution < 1.29 is 46.1 Å². The molecule has 0 aromatic carbocycles. The second-order valence-corrected chi connectivity index (χ2v) is 1.47. The first-order chi connectivity index (χ1) is 1.73. The van der Waals surface area contributed by atoms with E-state index in [1.54, 1.807) is 0 Å². The van der Waals surface area contributed by atoms with E-state index in [4.69, 9.17) is 11.9 Å². The Hall–Kier alpha value is 1.32. The van der Waals surface area contributed by atoms with Gasteiger partial charge in [0.1, 0.15) is 0 Å². The largest absolute Gasteiger partial charge is 0 e. The molecular formula is H3AsFe2O3. The first-order valence-electron chi connectivity index (χ1n) is 0.651. The van der Waals surface area contributed by atoms with E-state index >= 15 is 0 Å². The van der Waals surface area contributed by atoms with Crippen molar-refractivity contribution >= 4 is 15.3 Å². The van der Waals surface area contributed by atoms with Crippen molar-refractivity contribution in [2.24, 2.45) is 0 Å². The summed E-state index contributed by atoms with van der Waals surface area (Å²) in [6.07, 6.45) is 0. The molecule has 3 nitrogen and oxygen atoms in total. The Morgan fingerprint density at radius 3 is 1.17 bits per heavy atom. The quantitative estimate of drug-likeness (QED) is 0.485. The maximum atomic E-state index is 8.81. The van der Waals surface area contributed by atoms with E-state index in [0.29, 0.717) is 0 Å². The molecule has 0 aliphatic carbocycles. The van der Waals surface area contributed by atoms with Crippen LogP contribution in [0.2, 0.25) is 0 Å². The summed E-state index contributed by atoms with van der Waals surface area (Å²) in [5.41, 5.74) is 0. The molecule has 0 heterocycles. The molecule has 0 aromatic heterocycles. The van der Waals surface area contributed by atoms with Crippen molar-refractivity contribution in [3.05, 3.63) is 0 Å². The average Bonchev–Trinajstić information content (AvgIpc) is 0.811. The van der Waals surface area contributed by atoms with Crippen LogP contribution in [0.25, 0.3) is 0 Å². The van der Waals surface area contributed by atoms with Crippen molar-refractivity contribution in [2.75, 3.05) is 0 Å². The molecule has 0 radical (unpaired) electrons. The minimum Gasteiger partial charge on any atom is 0 e. The fraction of sp³-hybridized carbons (Fsp3) is 0. The summed E-state index contributed by atoms with van der Waals surface area (Å²) in [6.45, 7) is 0. The molecule has 0 saturated heterocycles. The van der Waals surface area contributed by atoms with Crippen LogP contribution in [0.5, 0.6) is 0 Å². The van der Waals surface area contributed by atoms with Gasteiger partial charge in [-0.15, -0.1) is 0 Å². The maximum Gasteiger partial charge on any atom is 0 e. The average molecular weight is 238 g/mol. The molecule has 0 fully saturated rings. The van der Waals surface area contributed by atoms with Gasteiger partial charge in [0.25, 0.3) is 0 Å². The van der Waals surface area contributed by atoms with Crippen LogP contribution in [0.1, 0.15) is 0 Å². The van der Waals surface area contributed by atoms with Crippen LogP contribution in [0.15, 0.2) is 0 Å². The van der Waals surface area contributed by atoms with Gasteiger partial charge >= 0.3 is 27.2 Å². The first kappa shape index (κ1) is 15.7. The third-order valence-corrected chi connectivity index (χ3v) is 0. The zero-order valence-electron chi connectivity index (χ0n) is 2.51. The van der Waals surface area contributed by atoms with Crippen LogP contribution in [-0.2, 0) is 37.9 Å². The Morgan fingerprint density at radius 2 is 1.17 bits per heavy atom. The fourth-order valence-corrected chi connectivity index (χ4v) is 0. The molecule has 0 aromatic rings. The molecule has 0 unspecified atom stereocenters. The van der Waals surface area contributed by atoms with Crippen LogP contribution in [0.4, 0.5) is 0 Å². The van der Waals surface area contributed by atoms with E-state index in [9.17, 15) is 0 Å². The van der Waals surface area contributed by atoms with Gasteiger partial charge in [0.15, 0.2) is 0 Å². The minimum absolute atomic E-state index is 0. The molecule has 0 bridgehead atoms. The van der Waals surface area contributed by atoms with Crippen LogP contribution < -0.4 is 0 Å². The van der Waals surface area contributed by atoms with Gasteiger partial charge in [-0.1, -0.05) is 0 Å². The summed E-state index contributed by atoms with van der Waals surface area (Å²) in [7, 11) is 0. The molecule has 6 heavy (non-hydrogen) atoms. The van der Waals surface area contributed by atoms with Crippen molar-refractivity contribution in [1.29, 1.82) is 0 Å². The summed E-state index contributed by atoms with van der Waals surface area (Å²) in [5.74, 6) is 0. The number of hydrogen-bond acceptors (Lipinski definition) is 1. The molecule has 2 N–H and O–H groups in total. The zero-order valence-corrected chi connectivity index (χ0v) is 6.82. The molecule has 0 saturated carbocycles. The van der Waals surface area contributed by atoms with Crippen LogP contribution >= 0.6 is 0 Å². The molecule has 42 valence electrons. The second kappa shape index (κ2) is 9.58. The Labute approximate surface area is 61.3 Å². The van der Waals surface area contributed by atoms with Gasteiger partial charge in [-0.3, -0.25) is 0 Å². The van der Waals surface area contributed by atoms with Gasteiger partial charge in [-0.25, -0.2) is 0 Å². The third-order valence-electron chi connectivity index (χ3n) is 0. The van der Waals surface area contributed by atoms with Gasteiger partial charge in [-0.2, -0.15) is 0 Å². The Balaban J connectivity index is -0.0000000450. The van der Waals surface area contributed by atoms with E-state index in [0.717, 1.165) is 0 Å². The number of rotatable bonds is 0. The van der Waals surface area contributed by atoms with Gasteiger partial charge in [-0.05, 0) is 0 Å². The molecule has 0 amide bonds. The molecule has 0 spiro atoms. The second-order valence-electron chi connectivity index (χ2n) is 0.283. The fourth-order valence-electron chi connectivity index (χ4n) is 0. The number of hydrogen-bond donors (Lipinski definition) is 2. The normalized spacial score (nSPS) is 5.83. The van der Waals surface area contributed by atoms with E-state index in [1.165, 1.54) is 0 Å². The van der Waals surface area contributed by atoms with E-state index in [2.05, 4.69) is 0 Å². The minimum atomic E-state index is -3.58. The van der Waals surface area contributed by atoms with Crippen molar-refractivity contribution in [3.8, 4) is 0 Å². The van der Waals surface area contributed by atoms with Gasteiger partial charge in [0, 0.05) is 34.1 Å². The topological polar surface area (TPSA) is 57.5 Å². The Bertz CT molecular complexity index is 31.8. The van der Waals surface area contributed by atoms with Gasteiger partial charge in [0.05, 0.1) is 0 Å². The van der Waals surface area contributed by atoms with Gasteiger partial charge in [0.2, 0.25) is 0 Å². The molecular weight excluding hydrogens is 235 g/mol. The first-order valence-corrected chi connectivity index (χ1v) is 3.38. The van der Waals surface area contributed by atoms with Gasteiger partial charge < -0.3 is 0 Å². The van der Waals surface area contributed by atoms with Crippen LogP contribution in [0, 0.1) is 0 Å². The molecule has 0 atom stereocenters. The van der Waals surface area contributed by atoms with Crippen molar-refractivity contribution in [1.82, 2.24) is 0 Å². The molecule has 0 aliphatic rings. The SMILES string of the molecule is O=[AsH](O)O.[Fe].[Fe].